The van der Waals surface area contributed by atoms with E-state index in [0.29, 0.717) is 23.0 Å². The molecule has 2 amide bonds. The molecule has 3 rings (SSSR count). The van der Waals surface area contributed by atoms with Gasteiger partial charge in [0.2, 0.25) is 5.91 Å². The average Bonchev–Trinajstić information content (AvgIpc) is 3.15. The monoisotopic (exact) mass is 333 g/mol. The highest BCUT2D eigenvalue weighted by molar-refractivity contribution is 7.99. The van der Waals surface area contributed by atoms with Crippen LogP contribution in [-0.2, 0) is 11.8 Å². The molecular formula is C16H16FN3O2S. The molecule has 23 heavy (non-hydrogen) atoms. The molecule has 120 valence electrons. The lowest BCUT2D eigenvalue weighted by atomic mass is 10.2. The summed E-state index contributed by atoms with van der Waals surface area (Å²) in [6.45, 7) is 0. The molecule has 1 saturated heterocycles. The molecule has 7 heteroatoms. The van der Waals surface area contributed by atoms with Gasteiger partial charge < -0.3 is 14.8 Å². The molecule has 2 aromatic rings. The van der Waals surface area contributed by atoms with Gasteiger partial charge >= 0.3 is 0 Å². The van der Waals surface area contributed by atoms with E-state index in [4.69, 9.17) is 0 Å². The van der Waals surface area contributed by atoms with E-state index in [9.17, 15) is 14.0 Å². The smallest absolute Gasteiger partial charge is 0.271 e. The average molecular weight is 333 g/mol. The van der Waals surface area contributed by atoms with Crippen LogP contribution in [0.5, 0.6) is 0 Å². The van der Waals surface area contributed by atoms with E-state index in [-0.39, 0.29) is 11.8 Å². The van der Waals surface area contributed by atoms with Crippen molar-refractivity contribution >= 4 is 29.3 Å². The number of anilines is 1. The third-order valence-electron chi connectivity index (χ3n) is 3.70. The minimum atomic E-state index is -0.564. The Labute approximate surface area is 137 Å². The van der Waals surface area contributed by atoms with Crippen molar-refractivity contribution < 1.29 is 14.0 Å². The zero-order valence-corrected chi connectivity index (χ0v) is 13.3. The van der Waals surface area contributed by atoms with Crippen LogP contribution >= 0.6 is 11.8 Å². The number of aryl methyl sites for hydroxylation is 1. The Hall–Kier alpha value is -2.28. The molecule has 1 aliphatic heterocycles. The minimum absolute atomic E-state index is 0.179. The van der Waals surface area contributed by atoms with Gasteiger partial charge in [0.1, 0.15) is 17.6 Å². The van der Waals surface area contributed by atoms with E-state index in [1.807, 2.05) is 0 Å². The molecule has 0 bridgehead atoms. The molecule has 1 N–H and O–H groups in total. The third-order valence-corrected chi connectivity index (χ3v) is 4.71. The SMILES string of the molecule is Cn1cccc1C(=O)N1CSC[C@@H]1C(=O)Nc1cccc(F)c1. The van der Waals surface area contributed by atoms with Crippen molar-refractivity contribution in [3.05, 3.63) is 54.1 Å². The number of nitrogens with zero attached hydrogens (tertiary/aromatic N) is 2. The quantitative estimate of drug-likeness (QED) is 0.938. The number of nitrogens with one attached hydrogen (secondary N) is 1. The van der Waals surface area contributed by atoms with Gasteiger partial charge in [-0.15, -0.1) is 11.8 Å². The van der Waals surface area contributed by atoms with E-state index >= 15 is 0 Å². The summed E-state index contributed by atoms with van der Waals surface area (Å²) in [5, 5.41) is 2.68. The summed E-state index contributed by atoms with van der Waals surface area (Å²) in [6, 6.07) is 8.67. The number of halogens is 1. The minimum Gasteiger partial charge on any atom is -0.347 e. The molecule has 1 atom stereocenters. The zero-order chi connectivity index (χ0) is 16.4. The van der Waals surface area contributed by atoms with Crippen molar-refractivity contribution in [1.29, 1.82) is 0 Å². The van der Waals surface area contributed by atoms with Crippen LogP contribution in [0.3, 0.4) is 0 Å². The molecule has 1 aromatic heterocycles. The Morgan fingerprint density at radius 1 is 1.30 bits per heavy atom. The van der Waals surface area contributed by atoms with Crippen molar-refractivity contribution in [3.63, 3.8) is 0 Å². The molecule has 0 radical (unpaired) electrons. The Bertz CT molecular complexity index is 746. The van der Waals surface area contributed by atoms with Gasteiger partial charge in [0.25, 0.3) is 5.91 Å². The van der Waals surface area contributed by atoms with Crippen molar-refractivity contribution in [2.45, 2.75) is 6.04 Å². The van der Waals surface area contributed by atoms with E-state index in [2.05, 4.69) is 5.32 Å². The fourth-order valence-corrected chi connectivity index (χ4v) is 3.64. The number of carbonyl (C=O) groups is 2. The number of thioether (sulfide) groups is 1. The summed E-state index contributed by atoms with van der Waals surface area (Å²) in [4.78, 5) is 26.6. The second-order valence-electron chi connectivity index (χ2n) is 5.29. The molecule has 5 nitrogen and oxygen atoms in total. The summed E-state index contributed by atoms with van der Waals surface area (Å²) in [6.07, 6.45) is 1.79. The highest BCUT2D eigenvalue weighted by Gasteiger charge is 2.35. The molecule has 0 spiro atoms. The van der Waals surface area contributed by atoms with Crippen LogP contribution in [0, 0.1) is 5.82 Å². The van der Waals surface area contributed by atoms with Crippen LogP contribution in [-0.4, -0.2) is 39.0 Å². The van der Waals surface area contributed by atoms with Crippen LogP contribution in [0.25, 0.3) is 0 Å². The zero-order valence-electron chi connectivity index (χ0n) is 12.5. The van der Waals surface area contributed by atoms with Gasteiger partial charge in [-0.1, -0.05) is 6.07 Å². The highest BCUT2D eigenvalue weighted by atomic mass is 32.2. The molecule has 0 aliphatic carbocycles. The normalized spacial score (nSPS) is 17.3. The molecular weight excluding hydrogens is 317 g/mol. The van der Waals surface area contributed by atoms with Crippen LogP contribution in [0.2, 0.25) is 0 Å². The molecule has 0 saturated carbocycles. The lowest BCUT2D eigenvalue weighted by molar-refractivity contribution is -0.119. The lowest BCUT2D eigenvalue weighted by Gasteiger charge is -2.23. The maximum absolute atomic E-state index is 13.2. The first-order valence-electron chi connectivity index (χ1n) is 7.13. The Kier molecular flexibility index (Phi) is 4.38. The second-order valence-corrected chi connectivity index (χ2v) is 6.29. The number of aromatic nitrogens is 1. The third kappa shape index (κ3) is 3.24. The van der Waals surface area contributed by atoms with Gasteiger partial charge in [-0.25, -0.2) is 4.39 Å². The maximum Gasteiger partial charge on any atom is 0.271 e. The van der Waals surface area contributed by atoms with Crippen LogP contribution in [0.1, 0.15) is 10.5 Å². The Morgan fingerprint density at radius 3 is 2.83 bits per heavy atom. The molecule has 1 aliphatic rings. The van der Waals surface area contributed by atoms with Gasteiger partial charge in [0.15, 0.2) is 0 Å². The number of rotatable bonds is 3. The Morgan fingerprint density at radius 2 is 2.13 bits per heavy atom. The van der Waals surface area contributed by atoms with Gasteiger partial charge in [-0.05, 0) is 30.3 Å². The summed E-state index contributed by atoms with van der Waals surface area (Å²) in [5.41, 5.74) is 0.925. The van der Waals surface area contributed by atoms with Crippen molar-refractivity contribution in [1.82, 2.24) is 9.47 Å². The van der Waals surface area contributed by atoms with Crippen LogP contribution in [0.4, 0.5) is 10.1 Å². The fraction of sp³-hybridized carbons (Fsp3) is 0.250. The maximum atomic E-state index is 13.2. The largest absolute Gasteiger partial charge is 0.347 e. The lowest BCUT2D eigenvalue weighted by Crippen LogP contribution is -2.45. The topological polar surface area (TPSA) is 54.3 Å². The van der Waals surface area contributed by atoms with Gasteiger partial charge in [0, 0.05) is 24.7 Å². The number of amides is 2. The standard InChI is InChI=1S/C16H16FN3O2S/c1-19-7-3-6-13(19)16(22)20-10-23-9-14(20)15(21)18-12-5-2-4-11(17)8-12/h2-8,14H,9-10H2,1H3,(H,18,21)/t14-/m1/s1. The summed E-state index contributed by atoms with van der Waals surface area (Å²) >= 11 is 1.52. The summed E-state index contributed by atoms with van der Waals surface area (Å²) in [7, 11) is 1.79. The predicted molar refractivity (Wildman–Crippen MR) is 87.7 cm³/mol. The van der Waals surface area contributed by atoms with Gasteiger partial charge in [-0.3, -0.25) is 9.59 Å². The first kappa shape index (κ1) is 15.6. The van der Waals surface area contributed by atoms with E-state index in [1.165, 1.54) is 30.0 Å². The van der Waals surface area contributed by atoms with E-state index in [0.717, 1.165) is 0 Å². The van der Waals surface area contributed by atoms with Gasteiger partial charge in [-0.2, -0.15) is 0 Å². The molecule has 0 unspecified atom stereocenters. The first-order valence-corrected chi connectivity index (χ1v) is 8.28. The van der Waals surface area contributed by atoms with Crippen molar-refractivity contribution in [2.24, 2.45) is 7.05 Å². The fourth-order valence-electron chi connectivity index (χ4n) is 2.48. The van der Waals surface area contributed by atoms with Crippen LogP contribution < -0.4 is 5.32 Å². The first-order chi connectivity index (χ1) is 11.1. The number of benzene rings is 1. The van der Waals surface area contributed by atoms with E-state index in [1.54, 1.807) is 40.9 Å². The molecule has 2 heterocycles. The van der Waals surface area contributed by atoms with Crippen molar-refractivity contribution in [3.8, 4) is 0 Å². The predicted octanol–water partition coefficient (Wildman–Crippen LogP) is 2.32. The molecule has 1 fully saturated rings. The molecule has 1 aromatic carbocycles. The number of hydrogen-bond acceptors (Lipinski definition) is 3. The summed E-state index contributed by atoms with van der Waals surface area (Å²) in [5.74, 6) is 0.0909. The highest BCUT2D eigenvalue weighted by Crippen LogP contribution is 2.24. The van der Waals surface area contributed by atoms with Crippen molar-refractivity contribution in [2.75, 3.05) is 16.9 Å². The Balaban J connectivity index is 1.75. The van der Waals surface area contributed by atoms with E-state index < -0.39 is 11.9 Å². The summed E-state index contributed by atoms with van der Waals surface area (Å²) < 4.78 is 14.9. The van der Waals surface area contributed by atoms with Gasteiger partial charge in [0.05, 0.1) is 5.88 Å². The van der Waals surface area contributed by atoms with Crippen LogP contribution in [0.15, 0.2) is 42.6 Å². The second kappa shape index (κ2) is 6.45. The number of hydrogen-bond donors (Lipinski definition) is 1. The number of carbonyl (C=O) groups excluding carboxylic acids is 2.